The minimum absolute atomic E-state index is 0.0177. The SMILES string of the molecule is Cc1ncsc1C1C=CC(CNC(=O)[C@@H]2C[C@@H](O)CN2C(=O)[C@@H](NC(=O)COc2ccc(OC3CC(NC(=O)OC(C)(C)C)C3)nc2)C(C)(C)C)=CC1. The third kappa shape index (κ3) is 11.0. The Hall–Kier alpha value is -4.50. The van der Waals surface area contributed by atoms with Gasteiger partial charge in [-0.2, -0.15) is 0 Å². The van der Waals surface area contributed by atoms with E-state index in [0.717, 1.165) is 17.7 Å². The lowest BCUT2D eigenvalue weighted by atomic mass is 9.85. The number of aliphatic hydroxyl groups is 1. The summed E-state index contributed by atoms with van der Waals surface area (Å²) in [5, 5.41) is 19.1. The number of hydrogen-bond acceptors (Lipinski definition) is 11. The first-order valence-corrected chi connectivity index (χ1v) is 18.9. The Morgan fingerprint density at radius 2 is 1.83 bits per heavy atom. The molecular formula is C38H52N6O8S. The minimum atomic E-state index is -0.986. The smallest absolute Gasteiger partial charge is 0.407 e. The van der Waals surface area contributed by atoms with Crippen molar-refractivity contribution >= 4 is 35.2 Å². The number of allylic oxidation sites excluding steroid dienone is 2. The summed E-state index contributed by atoms with van der Waals surface area (Å²) in [5.74, 6) is -0.363. The molecule has 2 aromatic heterocycles. The van der Waals surface area contributed by atoms with Crippen LogP contribution in [0.3, 0.4) is 0 Å². The molecule has 1 unspecified atom stereocenters. The number of likely N-dealkylation sites (tertiary alicyclic amines) is 1. The molecule has 4 amide bonds. The number of β-amino-alcohol motifs (C(OH)–C–C–N with tert-alkyl or cyclic N) is 1. The maximum atomic E-state index is 13.9. The second-order valence-corrected chi connectivity index (χ2v) is 16.8. The van der Waals surface area contributed by atoms with Crippen LogP contribution in [0.25, 0.3) is 0 Å². The molecule has 53 heavy (non-hydrogen) atoms. The van der Waals surface area contributed by atoms with E-state index in [2.05, 4.69) is 38.1 Å². The minimum Gasteiger partial charge on any atom is -0.482 e. The van der Waals surface area contributed by atoms with Crippen LogP contribution in [0.15, 0.2) is 47.6 Å². The average Bonchev–Trinajstić information content (AvgIpc) is 3.68. The Bertz CT molecular complexity index is 1690. The molecule has 14 nitrogen and oxygen atoms in total. The first-order valence-electron chi connectivity index (χ1n) is 18.0. The van der Waals surface area contributed by atoms with Gasteiger partial charge in [0.15, 0.2) is 6.61 Å². The number of thiazole rings is 1. The Morgan fingerprint density at radius 3 is 2.43 bits per heavy atom. The zero-order chi connectivity index (χ0) is 38.5. The van der Waals surface area contributed by atoms with Crippen LogP contribution in [0, 0.1) is 12.3 Å². The fraction of sp³-hybridized carbons (Fsp3) is 0.579. The number of rotatable bonds is 12. The number of ether oxygens (including phenoxy) is 3. The molecule has 0 bridgehead atoms. The highest BCUT2D eigenvalue weighted by Gasteiger charge is 2.44. The molecule has 0 aromatic carbocycles. The lowest BCUT2D eigenvalue weighted by Gasteiger charge is -2.35. The summed E-state index contributed by atoms with van der Waals surface area (Å²) in [4.78, 5) is 63.5. The van der Waals surface area contributed by atoms with E-state index < -0.39 is 47.1 Å². The molecule has 288 valence electrons. The summed E-state index contributed by atoms with van der Waals surface area (Å²) in [6, 6.07) is 1.37. The molecule has 3 aliphatic rings. The van der Waals surface area contributed by atoms with Gasteiger partial charge in [0.25, 0.3) is 5.91 Å². The van der Waals surface area contributed by atoms with Crippen molar-refractivity contribution in [2.75, 3.05) is 19.7 Å². The lowest BCUT2D eigenvalue weighted by Crippen LogP contribution is -2.58. The maximum Gasteiger partial charge on any atom is 0.407 e. The summed E-state index contributed by atoms with van der Waals surface area (Å²) >= 11 is 1.64. The predicted octanol–water partition coefficient (Wildman–Crippen LogP) is 3.94. The summed E-state index contributed by atoms with van der Waals surface area (Å²) in [7, 11) is 0. The third-order valence-corrected chi connectivity index (χ3v) is 10.3. The highest BCUT2D eigenvalue weighted by atomic mass is 32.1. The lowest BCUT2D eigenvalue weighted by molar-refractivity contribution is -0.144. The van der Waals surface area contributed by atoms with Crippen LogP contribution in [0.2, 0.25) is 0 Å². The molecular weight excluding hydrogens is 701 g/mol. The number of amides is 4. The molecule has 15 heteroatoms. The molecule has 4 atom stereocenters. The normalized spacial score (nSPS) is 23.3. The van der Waals surface area contributed by atoms with E-state index >= 15 is 0 Å². The molecule has 4 N–H and O–H groups in total. The highest BCUT2D eigenvalue weighted by Crippen LogP contribution is 2.32. The van der Waals surface area contributed by atoms with Gasteiger partial charge in [0.05, 0.1) is 23.5 Å². The number of aryl methyl sites for hydroxylation is 1. The van der Waals surface area contributed by atoms with Crippen LogP contribution in [0.4, 0.5) is 4.79 Å². The van der Waals surface area contributed by atoms with E-state index in [4.69, 9.17) is 14.2 Å². The van der Waals surface area contributed by atoms with Gasteiger partial charge >= 0.3 is 6.09 Å². The van der Waals surface area contributed by atoms with Crippen molar-refractivity contribution in [3.63, 3.8) is 0 Å². The van der Waals surface area contributed by atoms with Gasteiger partial charge in [0.2, 0.25) is 17.7 Å². The van der Waals surface area contributed by atoms with Crippen molar-refractivity contribution < 1.29 is 38.5 Å². The molecule has 1 saturated carbocycles. The summed E-state index contributed by atoms with van der Waals surface area (Å²) in [6.45, 7) is 12.8. The Kier molecular flexibility index (Phi) is 12.5. The van der Waals surface area contributed by atoms with Gasteiger partial charge in [-0.1, -0.05) is 39.0 Å². The number of carbonyl (C=O) groups excluding carboxylic acids is 4. The zero-order valence-electron chi connectivity index (χ0n) is 31.5. The highest BCUT2D eigenvalue weighted by molar-refractivity contribution is 7.09. The first kappa shape index (κ1) is 39.7. The van der Waals surface area contributed by atoms with Crippen LogP contribution >= 0.6 is 11.3 Å². The number of aromatic nitrogens is 2. The molecule has 2 fully saturated rings. The van der Waals surface area contributed by atoms with Crippen molar-refractivity contribution in [3.8, 4) is 11.6 Å². The molecule has 2 aromatic rings. The molecule has 1 saturated heterocycles. The Balaban J connectivity index is 1.08. The van der Waals surface area contributed by atoms with E-state index in [1.807, 2.05) is 60.1 Å². The Morgan fingerprint density at radius 1 is 1.08 bits per heavy atom. The number of alkyl carbamates (subject to hydrolysis) is 1. The monoisotopic (exact) mass is 752 g/mol. The van der Waals surface area contributed by atoms with Crippen molar-refractivity contribution in [2.45, 2.75) is 116 Å². The van der Waals surface area contributed by atoms with Gasteiger partial charge in [-0.15, -0.1) is 11.3 Å². The fourth-order valence-electron chi connectivity index (χ4n) is 6.38. The van der Waals surface area contributed by atoms with E-state index in [0.29, 0.717) is 31.0 Å². The Labute approximate surface area is 314 Å². The molecule has 5 rings (SSSR count). The van der Waals surface area contributed by atoms with Crippen molar-refractivity contribution in [3.05, 3.63) is 58.2 Å². The number of hydrogen-bond donors (Lipinski definition) is 4. The zero-order valence-corrected chi connectivity index (χ0v) is 32.3. The fourth-order valence-corrected chi connectivity index (χ4v) is 7.28. The van der Waals surface area contributed by atoms with Crippen molar-refractivity contribution in [2.24, 2.45) is 5.41 Å². The van der Waals surface area contributed by atoms with Gasteiger partial charge < -0.3 is 40.2 Å². The van der Waals surface area contributed by atoms with E-state index in [1.165, 1.54) is 16.0 Å². The summed E-state index contributed by atoms with van der Waals surface area (Å²) in [6.07, 6.45) is 8.40. The number of nitrogens with one attached hydrogen (secondary N) is 3. The molecule has 3 heterocycles. The quantitative estimate of drug-likeness (QED) is 0.248. The molecule has 2 aliphatic carbocycles. The second kappa shape index (κ2) is 16.7. The molecule has 0 spiro atoms. The van der Waals surface area contributed by atoms with Crippen LogP contribution < -0.4 is 25.4 Å². The van der Waals surface area contributed by atoms with Crippen molar-refractivity contribution in [1.29, 1.82) is 0 Å². The van der Waals surface area contributed by atoms with Gasteiger partial charge in [-0.25, -0.2) is 14.8 Å². The van der Waals surface area contributed by atoms with Gasteiger partial charge in [-0.05, 0) is 51.2 Å². The summed E-state index contributed by atoms with van der Waals surface area (Å²) < 4.78 is 16.8. The van der Waals surface area contributed by atoms with Crippen LogP contribution in [-0.2, 0) is 19.1 Å². The average molecular weight is 753 g/mol. The number of nitrogens with zero attached hydrogens (tertiary/aromatic N) is 3. The van der Waals surface area contributed by atoms with Gasteiger partial charge in [0, 0.05) is 55.3 Å². The van der Waals surface area contributed by atoms with Gasteiger partial charge in [-0.3, -0.25) is 14.4 Å². The standard InChI is InChI=1S/C38H52N6O8S/c1-22-32(53-21-41-22)24-10-8-23(9-11-24)17-40-34(47)29-16-26(45)19-44(29)35(48)33(37(2,3)4)43-30(46)20-50-27-12-13-31(39-18-27)51-28-14-25(15-28)42-36(49)52-38(5,6)7/h8-10,12-13,18,21,24-26,28-29,33,45H,11,14-17,19-20H2,1-7H3,(H,40,47)(H,42,49)(H,43,46)/t24?,25?,26-,28?,29+,33-/m1/s1. The van der Waals surface area contributed by atoms with E-state index in [1.54, 1.807) is 23.5 Å². The number of pyridine rings is 1. The van der Waals surface area contributed by atoms with E-state index in [9.17, 15) is 24.3 Å². The van der Waals surface area contributed by atoms with Crippen LogP contribution in [-0.4, -0.2) is 99.4 Å². The second-order valence-electron chi connectivity index (χ2n) is 15.9. The number of carbonyl (C=O) groups is 4. The first-order chi connectivity index (χ1) is 24.9. The number of aliphatic hydroxyl groups excluding tert-OH is 1. The molecule has 1 aliphatic heterocycles. The summed E-state index contributed by atoms with van der Waals surface area (Å²) in [5.41, 5.74) is 2.56. The van der Waals surface area contributed by atoms with Crippen LogP contribution in [0.5, 0.6) is 11.6 Å². The maximum absolute atomic E-state index is 13.9. The topological polar surface area (TPSA) is 181 Å². The van der Waals surface area contributed by atoms with Crippen molar-refractivity contribution in [1.82, 2.24) is 30.8 Å². The molecule has 0 radical (unpaired) electrons. The van der Waals surface area contributed by atoms with E-state index in [-0.39, 0.29) is 43.5 Å². The largest absolute Gasteiger partial charge is 0.482 e. The predicted molar refractivity (Wildman–Crippen MR) is 198 cm³/mol. The van der Waals surface area contributed by atoms with Crippen LogP contribution in [0.1, 0.15) is 83.7 Å². The third-order valence-electron chi connectivity index (χ3n) is 9.23. The van der Waals surface area contributed by atoms with Gasteiger partial charge in [0.1, 0.15) is 29.5 Å².